The highest BCUT2D eigenvalue weighted by atomic mass is 16.6. The number of methoxy groups -OCH3 is 2. The van der Waals surface area contributed by atoms with Crippen molar-refractivity contribution in [2.45, 2.75) is 74.8 Å². The minimum atomic E-state index is -1.44. The van der Waals surface area contributed by atoms with E-state index in [4.69, 9.17) is 28.4 Å². The summed E-state index contributed by atoms with van der Waals surface area (Å²) in [6.45, 7) is 1.17. The second-order valence-corrected chi connectivity index (χ2v) is 12.4. The molecular weight excluding hydrogens is 592 g/mol. The largest absolute Gasteiger partial charge is 0.498 e. The van der Waals surface area contributed by atoms with E-state index in [9.17, 15) is 29.4 Å². The van der Waals surface area contributed by atoms with E-state index in [0.717, 1.165) is 12.7 Å². The maximum absolute atomic E-state index is 13.8. The van der Waals surface area contributed by atoms with Crippen LogP contribution in [0.25, 0.3) is 0 Å². The van der Waals surface area contributed by atoms with Crippen molar-refractivity contribution in [2.24, 2.45) is 23.7 Å². The molecule has 4 bridgehead atoms. The van der Waals surface area contributed by atoms with Gasteiger partial charge in [-0.1, -0.05) is 18.2 Å². The van der Waals surface area contributed by atoms with Crippen LogP contribution in [0.5, 0.6) is 0 Å². The fraction of sp³-hybridized carbons (Fsp3) is 0.625. The van der Waals surface area contributed by atoms with E-state index in [2.05, 4.69) is 10.8 Å². The predicted molar refractivity (Wildman–Crippen MR) is 151 cm³/mol. The topological polar surface area (TPSA) is 173 Å². The minimum absolute atomic E-state index is 0.0158. The lowest BCUT2D eigenvalue weighted by atomic mass is 9.54. The lowest BCUT2D eigenvalue weighted by Gasteiger charge is -2.62. The molecule has 2 saturated heterocycles. The summed E-state index contributed by atoms with van der Waals surface area (Å²) in [5.74, 6) is -4.98. The fourth-order valence-electron chi connectivity index (χ4n) is 8.04. The average Bonchev–Trinajstić information content (AvgIpc) is 3.28. The lowest BCUT2D eigenvalue weighted by Crippen LogP contribution is -2.69. The fourth-order valence-corrected chi connectivity index (χ4v) is 8.04. The Bertz CT molecular complexity index is 1360. The molecular formula is C32H38O13. The second kappa shape index (κ2) is 12.4. The Morgan fingerprint density at radius 3 is 2.47 bits per heavy atom. The van der Waals surface area contributed by atoms with Gasteiger partial charge in [0.25, 0.3) is 0 Å². The molecule has 11 atom stereocenters. The number of aliphatic hydroxyl groups excluding tert-OH is 2. The Morgan fingerprint density at radius 1 is 0.933 bits per heavy atom. The molecule has 1 saturated carbocycles. The third kappa shape index (κ3) is 5.44. The van der Waals surface area contributed by atoms with E-state index in [1.807, 2.05) is 13.0 Å². The Hall–Kier alpha value is -3.36. The van der Waals surface area contributed by atoms with Crippen LogP contribution in [0.2, 0.25) is 0 Å². The quantitative estimate of drug-likeness (QED) is 0.190. The number of fused-ring (bicyclic) bond motifs is 2. The summed E-state index contributed by atoms with van der Waals surface area (Å²) in [6, 6.07) is 0. The molecule has 7 rings (SSSR count). The van der Waals surface area contributed by atoms with Crippen LogP contribution in [0.3, 0.4) is 0 Å². The van der Waals surface area contributed by atoms with Crippen molar-refractivity contribution < 1.29 is 62.5 Å². The smallest absolute Gasteiger partial charge is 0.346 e. The number of allylic oxidation sites excluding steroid dienone is 1. The first-order valence-electron chi connectivity index (χ1n) is 15.2. The molecule has 5 heterocycles. The molecule has 0 radical (unpaired) electrons. The van der Waals surface area contributed by atoms with Gasteiger partial charge in [-0.05, 0) is 43.8 Å². The SMILES string of the molecule is COC1C(=O)OC2C(O)COC=CC3=C(CCC(=O)OCC2C=C(C)C24OC5CC(O)C2C(C=CC4C1OC)C5)C(=O)OC3=O. The molecule has 2 N–H and O–H groups in total. The molecule has 244 valence electrons. The number of rotatable bonds is 2. The van der Waals surface area contributed by atoms with Crippen LogP contribution in [0.4, 0.5) is 0 Å². The van der Waals surface area contributed by atoms with Crippen LogP contribution in [0, 0.1) is 23.7 Å². The summed E-state index contributed by atoms with van der Waals surface area (Å²) in [5.41, 5.74) is -0.438. The number of hydrogen-bond acceptors (Lipinski definition) is 13. The van der Waals surface area contributed by atoms with Crippen LogP contribution in [0.15, 0.2) is 47.3 Å². The molecule has 2 aliphatic carbocycles. The van der Waals surface area contributed by atoms with Gasteiger partial charge >= 0.3 is 23.9 Å². The number of carbonyl (C=O) groups excluding carboxylic acids is 4. The Balaban J connectivity index is 1.42. The number of cyclic esters (lactones) is 3. The molecule has 0 aromatic heterocycles. The zero-order valence-electron chi connectivity index (χ0n) is 25.3. The summed E-state index contributed by atoms with van der Waals surface area (Å²) in [6.07, 6.45) is 3.27. The van der Waals surface area contributed by atoms with Crippen molar-refractivity contribution in [2.75, 3.05) is 27.4 Å². The van der Waals surface area contributed by atoms with Crippen molar-refractivity contribution in [3.8, 4) is 0 Å². The summed E-state index contributed by atoms with van der Waals surface area (Å²) < 4.78 is 40.1. The third-order valence-electron chi connectivity index (χ3n) is 9.97. The van der Waals surface area contributed by atoms with Crippen molar-refractivity contribution >= 4 is 23.9 Å². The van der Waals surface area contributed by atoms with Crippen molar-refractivity contribution in [3.63, 3.8) is 0 Å². The van der Waals surface area contributed by atoms with Crippen molar-refractivity contribution in [1.29, 1.82) is 0 Å². The molecule has 0 aromatic carbocycles. The highest BCUT2D eigenvalue weighted by Crippen LogP contribution is 2.58. The predicted octanol–water partition coefficient (Wildman–Crippen LogP) is 0.823. The number of aliphatic hydroxyl groups is 2. The molecule has 11 unspecified atom stereocenters. The zero-order chi connectivity index (χ0) is 32.0. The van der Waals surface area contributed by atoms with Gasteiger partial charge in [-0.25, -0.2) is 14.4 Å². The van der Waals surface area contributed by atoms with E-state index in [0.29, 0.717) is 12.0 Å². The first kappa shape index (κ1) is 31.6. The number of ether oxygens (including phenoxy) is 7. The van der Waals surface area contributed by atoms with E-state index in [1.165, 1.54) is 20.3 Å². The van der Waals surface area contributed by atoms with Gasteiger partial charge in [-0.15, -0.1) is 0 Å². The van der Waals surface area contributed by atoms with E-state index < -0.39 is 71.8 Å². The van der Waals surface area contributed by atoms with Gasteiger partial charge in [-0.3, -0.25) is 4.79 Å². The van der Waals surface area contributed by atoms with Crippen molar-refractivity contribution in [1.82, 2.24) is 0 Å². The summed E-state index contributed by atoms with van der Waals surface area (Å²) in [5, 5.41) is 22.7. The number of carbonyl (C=O) groups is 4. The zero-order valence-corrected chi connectivity index (χ0v) is 25.3. The van der Waals surface area contributed by atoms with Crippen LogP contribution in [-0.4, -0.2) is 104 Å². The first-order chi connectivity index (χ1) is 21.6. The molecule has 3 fully saturated rings. The lowest BCUT2D eigenvalue weighted by molar-refractivity contribution is -0.267. The first-order valence-corrected chi connectivity index (χ1v) is 15.2. The van der Waals surface area contributed by atoms with E-state index in [-0.39, 0.29) is 55.1 Å². The van der Waals surface area contributed by atoms with Gasteiger partial charge in [0.15, 0.2) is 6.10 Å². The molecule has 45 heavy (non-hydrogen) atoms. The standard InChI is InChI=1S/C32H38O13/c1-15-10-17-13-42-24(35)7-5-19-20(30(37)44-29(19)36)8-9-41-14-23(34)26(17)43-31(38)28(40-3)27(39-2)21-6-4-16-11-18-12-22(33)25(16)32(15,21)45-18/h4,6,8-10,16-18,21-23,25-28,33-34H,5,7,11-14H2,1-3H3. The third-order valence-corrected chi connectivity index (χ3v) is 9.97. The highest BCUT2D eigenvalue weighted by molar-refractivity contribution is 6.14. The van der Waals surface area contributed by atoms with Crippen LogP contribution in [0.1, 0.15) is 32.6 Å². The number of hydrogen-bond donors (Lipinski definition) is 2. The van der Waals surface area contributed by atoms with Crippen LogP contribution in [-0.2, 0) is 52.3 Å². The van der Waals surface area contributed by atoms with Gasteiger partial charge in [0, 0.05) is 32.5 Å². The maximum Gasteiger partial charge on any atom is 0.346 e. The summed E-state index contributed by atoms with van der Waals surface area (Å²) in [4.78, 5) is 51.1. The van der Waals surface area contributed by atoms with Gasteiger partial charge in [0.05, 0.1) is 35.5 Å². The summed E-state index contributed by atoms with van der Waals surface area (Å²) in [7, 11) is 2.82. The number of esters is 4. The molecule has 5 aliphatic heterocycles. The van der Waals surface area contributed by atoms with Crippen LogP contribution >= 0.6 is 0 Å². The van der Waals surface area contributed by atoms with E-state index >= 15 is 0 Å². The Labute approximate surface area is 259 Å². The minimum Gasteiger partial charge on any atom is -0.498 e. The molecule has 13 heteroatoms. The highest BCUT2D eigenvalue weighted by Gasteiger charge is 2.64. The Morgan fingerprint density at radius 2 is 1.73 bits per heavy atom. The average molecular weight is 631 g/mol. The molecule has 0 aromatic rings. The maximum atomic E-state index is 13.8. The second-order valence-electron chi connectivity index (χ2n) is 12.4. The molecule has 7 aliphatic rings. The molecule has 1 spiro atoms. The van der Waals surface area contributed by atoms with Gasteiger partial charge in [0.2, 0.25) is 0 Å². The molecule has 13 nitrogen and oxygen atoms in total. The van der Waals surface area contributed by atoms with Crippen molar-refractivity contribution in [3.05, 3.63) is 47.3 Å². The summed E-state index contributed by atoms with van der Waals surface area (Å²) >= 11 is 0. The van der Waals surface area contributed by atoms with Crippen LogP contribution < -0.4 is 0 Å². The molecule has 0 amide bonds. The van der Waals surface area contributed by atoms with Gasteiger partial charge in [0.1, 0.15) is 37.1 Å². The Kier molecular flexibility index (Phi) is 8.74. The van der Waals surface area contributed by atoms with E-state index in [1.54, 1.807) is 6.08 Å². The van der Waals surface area contributed by atoms with Gasteiger partial charge in [-0.2, -0.15) is 0 Å². The van der Waals surface area contributed by atoms with Gasteiger partial charge < -0.3 is 43.4 Å². The normalized spacial score (nSPS) is 41.8. The monoisotopic (exact) mass is 630 g/mol.